The van der Waals surface area contributed by atoms with Crippen LogP contribution in [0.1, 0.15) is 24.5 Å². The van der Waals surface area contributed by atoms with Crippen molar-refractivity contribution >= 4 is 0 Å². The molecule has 2 rings (SSSR count). The van der Waals surface area contributed by atoms with Gasteiger partial charge in [0.15, 0.2) is 0 Å². The molecule has 2 N–H and O–H groups in total. The zero-order valence-corrected chi connectivity index (χ0v) is 11.8. The fraction of sp³-hybridized carbons (Fsp3) is 0.294. The maximum atomic E-state index is 9.26. The molecule has 3 heteroatoms. The lowest BCUT2D eigenvalue weighted by Gasteiger charge is -2.12. The summed E-state index contributed by atoms with van der Waals surface area (Å²) in [6.07, 6.45) is 1.12. The maximum Gasteiger partial charge on any atom is 0.124 e. The van der Waals surface area contributed by atoms with E-state index in [1.165, 1.54) is 5.56 Å². The Balaban J connectivity index is 1.96. The molecule has 0 aliphatic heterocycles. The van der Waals surface area contributed by atoms with Crippen molar-refractivity contribution in [2.75, 3.05) is 6.54 Å². The monoisotopic (exact) mass is 271 g/mol. The van der Waals surface area contributed by atoms with Gasteiger partial charge in [-0.1, -0.05) is 37.3 Å². The van der Waals surface area contributed by atoms with Crippen LogP contribution in [0.25, 0.3) is 0 Å². The number of rotatable bonds is 7. The van der Waals surface area contributed by atoms with Crippen LogP contribution >= 0.6 is 0 Å². The van der Waals surface area contributed by atoms with Crippen LogP contribution in [-0.2, 0) is 13.2 Å². The van der Waals surface area contributed by atoms with E-state index in [4.69, 9.17) is 4.74 Å². The minimum atomic E-state index is 0.276. The molecule has 0 amide bonds. The summed E-state index contributed by atoms with van der Waals surface area (Å²) >= 11 is 0. The van der Waals surface area contributed by atoms with Crippen molar-refractivity contribution in [3.63, 3.8) is 0 Å². The molecule has 0 aliphatic carbocycles. The van der Waals surface area contributed by atoms with Crippen LogP contribution in [0, 0.1) is 0 Å². The van der Waals surface area contributed by atoms with Gasteiger partial charge in [-0.25, -0.2) is 0 Å². The molecule has 20 heavy (non-hydrogen) atoms. The van der Waals surface area contributed by atoms with Crippen LogP contribution in [0.4, 0.5) is 0 Å². The molecular weight excluding hydrogens is 250 g/mol. The number of benzene rings is 2. The zero-order chi connectivity index (χ0) is 14.2. The van der Waals surface area contributed by atoms with Gasteiger partial charge in [0.1, 0.15) is 18.1 Å². The smallest absolute Gasteiger partial charge is 0.124 e. The molecule has 0 bridgehead atoms. The van der Waals surface area contributed by atoms with Crippen LogP contribution in [0.3, 0.4) is 0 Å². The Morgan fingerprint density at radius 1 is 1.05 bits per heavy atom. The lowest BCUT2D eigenvalue weighted by molar-refractivity contribution is 0.302. The lowest BCUT2D eigenvalue weighted by atomic mass is 10.2. The van der Waals surface area contributed by atoms with E-state index in [-0.39, 0.29) is 5.75 Å². The number of hydrogen-bond donors (Lipinski definition) is 2. The highest BCUT2D eigenvalue weighted by Crippen LogP contribution is 2.19. The molecule has 0 saturated carbocycles. The fourth-order valence-corrected chi connectivity index (χ4v) is 1.94. The van der Waals surface area contributed by atoms with Gasteiger partial charge in [0.25, 0.3) is 0 Å². The van der Waals surface area contributed by atoms with E-state index in [2.05, 4.69) is 18.3 Å². The van der Waals surface area contributed by atoms with E-state index in [0.29, 0.717) is 6.61 Å². The first-order chi connectivity index (χ1) is 9.79. The second-order valence-electron chi connectivity index (χ2n) is 4.74. The summed E-state index contributed by atoms with van der Waals surface area (Å²) in [5, 5.41) is 12.6. The molecule has 0 saturated heterocycles. The number of nitrogens with one attached hydrogen (secondary N) is 1. The highest BCUT2D eigenvalue weighted by Gasteiger charge is 2.03. The molecule has 0 radical (unpaired) electrons. The number of para-hydroxylation sites is 1. The van der Waals surface area contributed by atoms with E-state index >= 15 is 0 Å². The van der Waals surface area contributed by atoms with Gasteiger partial charge < -0.3 is 15.2 Å². The summed E-state index contributed by atoms with van der Waals surface area (Å²) in [4.78, 5) is 0. The summed E-state index contributed by atoms with van der Waals surface area (Å²) in [6, 6.07) is 15.2. The molecule has 2 aromatic carbocycles. The van der Waals surface area contributed by atoms with E-state index in [9.17, 15) is 5.11 Å². The fourth-order valence-electron chi connectivity index (χ4n) is 1.94. The Hall–Kier alpha value is -2.00. The summed E-state index contributed by atoms with van der Waals surface area (Å²) in [5.74, 6) is 1.18. The van der Waals surface area contributed by atoms with Gasteiger partial charge in [-0.3, -0.25) is 0 Å². The van der Waals surface area contributed by atoms with E-state index in [1.54, 1.807) is 12.1 Å². The Morgan fingerprint density at radius 2 is 1.80 bits per heavy atom. The van der Waals surface area contributed by atoms with Gasteiger partial charge in [-0.2, -0.15) is 0 Å². The van der Waals surface area contributed by atoms with Crippen molar-refractivity contribution in [2.24, 2.45) is 0 Å². The van der Waals surface area contributed by atoms with Gasteiger partial charge in [-0.15, -0.1) is 0 Å². The van der Waals surface area contributed by atoms with E-state index < -0.39 is 0 Å². The van der Waals surface area contributed by atoms with Crippen LogP contribution in [0.15, 0.2) is 48.5 Å². The molecule has 0 unspecified atom stereocenters. The molecule has 0 atom stereocenters. The summed E-state index contributed by atoms with van der Waals surface area (Å²) in [7, 11) is 0. The average molecular weight is 271 g/mol. The highest BCUT2D eigenvalue weighted by atomic mass is 16.5. The van der Waals surface area contributed by atoms with Gasteiger partial charge in [0.2, 0.25) is 0 Å². The normalized spacial score (nSPS) is 10.4. The third-order valence-electron chi connectivity index (χ3n) is 3.05. The van der Waals surface area contributed by atoms with E-state index in [0.717, 1.165) is 30.8 Å². The Morgan fingerprint density at radius 3 is 2.55 bits per heavy atom. The molecule has 3 nitrogen and oxygen atoms in total. The third-order valence-corrected chi connectivity index (χ3v) is 3.05. The predicted molar refractivity (Wildman–Crippen MR) is 80.9 cm³/mol. The Kier molecular flexibility index (Phi) is 5.44. The molecular formula is C17H21NO2. The predicted octanol–water partition coefficient (Wildman–Crippen LogP) is 3.47. The molecule has 0 spiro atoms. The Bertz CT molecular complexity index is 523. The first-order valence-electron chi connectivity index (χ1n) is 6.99. The van der Waals surface area contributed by atoms with Gasteiger partial charge >= 0.3 is 0 Å². The molecule has 2 aromatic rings. The van der Waals surface area contributed by atoms with Crippen molar-refractivity contribution in [1.82, 2.24) is 5.32 Å². The quantitative estimate of drug-likeness (QED) is 0.758. The topological polar surface area (TPSA) is 41.5 Å². The molecule has 0 aromatic heterocycles. The van der Waals surface area contributed by atoms with E-state index in [1.807, 2.05) is 30.3 Å². The zero-order valence-electron chi connectivity index (χ0n) is 11.8. The van der Waals surface area contributed by atoms with Crippen LogP contribution in [-0.4, -0.2) is 11.7 Å². The largest absolute Gasteiger partial charge is 0.508 e. The minimum absolute atomic E-state index is 0.276. The highest BCUT2D eigenvalue weighted by molar-refractivity contribution is 5.34. The lowest BCUT2D eigenvalue weighted by Crippen LogP contribution is -2.14. The summed E-state index contributed by atoms with van der Waals surface area (Å²) in [6.45, 7) is 4.48. The van der Waals surface area contributed by atoms with Crippen LogP contribution in [0.5, 0.6) is 11.5 Å². The first kappa shape index (κ1) is 14.4. The van der Waals surface area contributed by atoms with Crippen molar-refractivity contribution in [1.29, 1.82) is 0 Å². The van der Waals surface area contributed by atoms with Gasteiger partial charge in [-0.05, 0) is 36.7 Å². The van der Waals surface area contributed by atoms with Crippen LogP contribution in [0.2, 0.25) is 0 Å². The SMILES string of the molecule is CCCNCc1ccccc1OCc1ccc(O)cc1. The second kappa shape index (κ2) is 7.56. The number of ether oxygens (including phenoxy) is 1. The average Bonchev–Trinajstić information content (AvgIpc) is 2.48. The van der Waals surface area contributed by atoms with Crippen molar-refractivity contribution in [3.05, 3.63) is 59.7 Å². The molecule has 0 aliphatic rings. The molecule has 0 heterocycles. The number of aromatic hydroxyl groups is 1. The Labute approximate surface area is 120 Å². The van der Waals surface area contributed by atoms with Crippen molar-refractivity contribution < 1.29 is 9.84 Å². The number of phenols is 1. The summed E-state index contributed by atoms with van der Waals surface area (Å²) < 4.78 is 5.87. The second-order valence-corrected chi connectivity index (χ2v) is 4.74. The molecule has 0 fully saturated rings. The standard InChI is InChI=1S/C17H21NO2/c1-2-11-18-12-15-5-3-4-6-17(15)20-13-14-7-9-16(19)10-8-14/h3-10,18-19H,2,11-13H2,1H3. The van der Waals surface area contributed by atoms with Crippen molar-refractivity contribution in [3.8, 4) is 11.5 Å². The maximum absolute atomic E-state index is 9.26. The molecule has 106 valence electrons. The third kappa shape index (κ3) is 4.28. The van der Waals surface area contributed by atoms with Crippen LogP contribution < -0.4 is 10.1 Å². The number of phenolic OH excluding ortho intramolecular Hbond substituents is 1. The van der Waals surface area contributed by atoms with Gasteiger partial charge in [0.05, 0.1) is 0 Å². The van der Waals surface area contributed by atoms with Gasteiger partial charge in [0, 0.05) is 12.1 Å². The first-order valence-corrected chi connectivity index (χ1v) is 6.99. The minimum Gasteiger partial charge on any atom is -0.508 e. The summed E-state index contributed by atoms with van der Waals surface area (Å²) in [5.41, 5.74) is 2.21. The number of hydrogen-bond acceptors (Lipinski definition) is 3. The van der Waals surface area contributed by atoms with Crippen molar-refractivity contribution in [2.45, 2.75) is 26.5 Å².